The zero-order valence-corrected chi connectivity index (χ0v) is 13.6. The molecule has 2 aromatic rings. The van der Waals surface area contributed by atoms with Crippen molar-refractivity contribution in [3.8, 4) is 0 Å². The zero-order chi connectivity index (χ0) is 17.3. The van der Waals surface area contributed by atoms with E-state index < -0.39 is 17.7 Å². The number of Topliss-reactive ketones (excluding diaryl/α,β-unsaturated/α-hetero) is 1. The summed E-state index contributed by atoms with van der Waals surface area (Å²) in [6, 6.07) is 11.7. The van der Waals surface area contributed by atoms with Crippen LogP contribution in [0, 0.1) is 11.6 Å². The van der Waals surface area contributed by atoms with Crippen LogP contribution < -0.4 is 10.6 Å². The second-order valence-corrected chi connectivity index (χ2v) is 5.79. The predicted molar refractivity (Wildman–Crippen MR) is 92.0 cm³/mol. The number of ketones is 1. The SMILES string of the molecule is CC(=O)C1=C(c2ccccc2)NC(=S)N[C@@H]1c1c(F)cccc1F. The Morgan fingerprint density at radius 1 is 1.04 bits per heavy atom. The molecule has 6 heteroatoms. The molecule has 1 atom stereocenters. The minimum absolute atomic E-state index is 0.200. The molecule has 122 valence electrons. The molecule has 24 heavy (non-hydrogen) atoms. The maximum atomic E-state index is 14.3. The molecule has 1 aliphatic heterocycles. The van der Waals surface area contributed by atoms with Gasteiger partial charge in [0.2, 0.25) is 0 Å². The summed E-state index contributed by atoms with van der Waals surface area (Å²) in [5.74, 6) is -1.77. The molecule has 0 aliphatic carbocycles. The van der Waals surface area contributed by atoms with Gasteiger partial charge in [-0.25, -0.2) is 8.78 Å². The molecule has 0 radical (unpaired) electrons. The summed E-state index contributed by atoms with van der Waals surface area (Å²) in [6.07, 6.45) is 0. The van der Waals surface area contributed by atoms with Crippen molar-refractivity contribution in [3.63, 3.8) is 0 Å². The number of halogens is 2. The summed E-state index contributed by atoms with van der Waals surface area (Å²) in [5.41, 5.74) is 1.19. The van der Waals surface area contributed by atoms with E-state index in [0.717, 1.165) is 12.1 Å². The van der Waals surface area contributed by atoms with Crippen LogP contribution in [0.4, 0.5) is 8.78 Å². The van der Waals surface area contributed by atoms with E-state index in [1.165, 1.54) is 13.0 Å². The number of benzene rings is 2. The molecule has 0 saturated heterocycles. The minimum Gasteiger partial charge on any atom is -0.351 e. The molecule has 2 aromatic carbocycles. The smallest absolute Gasteiger partial charge is 0.171 e. The zero-order valence-electron chi connectivity index (χ0n) is 12.8. The Morgan fingerprint density at radius 3 is 2.25 bits per heavy atom. The first-order chi connectivity index (χ1) is 11.5. The summed E-state index contributed by atoms with van der Waals surface area (Å²) < 4.78 is 28.5. The summed E-state index contributed by atoms with van der Waals surface area (Å²) in [7, 11) is 0. The highest BCUT2D eigenvalue weighted by atomic mass is 32.1. The van der Waals surface area contributed by atoms with Crippen LogP contribution in [-0.4, -0.2) is 10.9 Å². The first-order valence-electron chi connectivity index (χ1n) is 7.31. The van der Waals surface area contributed by atoms with E-state index in [1.54, 1.807) is 12.1 Å². The number of carbonyl (C=O) groups excluding carboxylic acids is 1. The quantitative estimate of drug-likeness (QED) is 0.837. The number of rotatable bonds is 3. The van der Waals surface area contributed by atoms with Crippen molar-refractivity contribution in [1.29, 1.82) is 0 Å². The molecule has 0 aromatic heterocycles. The van der Waals surface area contributed by atoms with E-state index in [0.29, 0.717) is 11.3 Å². The fourth-order valence-electron chi connectivity index (χ4n) is 2.78. The van der Waals surface area contributed by atoms with Gasteiger partial charge in [-0.3, -0.25) is 4.79 Å². The minimum atomic E-state index is -0.993. The highest BCUT2D eigenvalue weighted by Crippen LogP contribution is 2.34. The average molecular weight is 344 g/mol. The molecule has 0 bridgehead atoms. The molecule has 0 spiro atoms. The Morgan fingerprint density at radius 2 is 1.67 bits per heavy atom. The average Bonchev–Trinajstić information content (AvgIpc) is 2.54. The molecule has 0 saturated carbocycles. The molecular formula is C18H14F2N2OS. The molecule has 0 unspecified atom stereocenters. The topological polar surface area (TPSA) is 41.1 Å². The maximum Gasteiger partial charge on any atom is 0.171 e. The van der Waals surface area contributed by atoms with Crippen LogP contribution in [0.15, 0.2) is 54.1 Å². The number of carbonyl (C=O) groups is 1. The highest BCUT2D eigenvalue weighted by molar-refractivity contribution is 7.80. The van der Waals surface area contributed by atoms with E-state index in [4.69, 9.17) is 12.2 Å². The van der Waals surface area contributed by atoms with Crippen molar-refractivity contribution in [1.82, 2.24) is 10.6 Å². The molecule has 0 fully saturated rings. The number of hydrogen-bond acceptors (Lipinski definition) is 2. The summed E-state index contributed by atoms with van der Waals surface area (Å²) in [5, 5.41) is 5.94. The number of thiocarbonyl (C=S) groups is 1. The van der Waals surface area contributed by atoms with Gasteiger partial charge in [0.15, 0.2) is 10.9 Å². The van der Waals surface area contributed by atoms with E-state index in [1.807, 2.05) is 18.2 Å². The van der Waals surface area contributed by atoms with Crippen molar-refractivity contribution in [2.75, 3.05) is 0 Å². The van der Waals surface area contributed by atoms with Gasteiger partial charge in [-0.2, -0.15) is 0 Å². The van der Waals surface area contributed by atoms with Crippen molar-refractivity contribution in [3.05, 3.63) is 76.9 Å². The molecule has 1 aliphatic rings. The van der Waals surface area contributed by atoms with Gasteiger partial charge in [-0.05, 0) is 36.8 Å². The highest BCUT2D eigenvalue weighted by Gasteiger charge is 2.33. The Labute approximate surface area is 143 Å². The van der Waals surface area contributed by atoms with Crippen LogP contribution in [0.2, 0.25) is 0 Å². The van der Waals surface area contributed by atoms with Gasteiger partial charge in [-0.1, -0.05) is 36.4 Å². The molecule has 3 nitrogen and oxygen atoms in total. The first-order valence-corrected chi connectivity index (χ1v) is 7.72. The lowest BCUT2D eigenvalue weighted by molar-refractivity contribution is -0.113. The van der Waals surface area contributed by atoms with Gasteiger partial charge in [0.1, 0.15) is 11.6 Å². The lowest BCUT2D eigenvalue weighted by Crippen LogP contribution is -2.45. The van der Waals surface area contributed by atoms with Crippen molar-refractivity contribution in [2.45, 2.75) is 13.0 Å². The maximum absolute atomic E-state index is 14.3. The van der Waals surface area contributed by atoms with Crippen molar-refractivity contribution < 1.29 is 13.6 Å². The normalized spacial score (nSPS) is 17.3. The standard InChI is InChI=1S/C18H14F2N2OS/c1-10(23)14-16(11-6-3-2-4-7-11)21-18(24)22-17(14)15-12(19)8-5-9-13(15)20/h2-9,17H,1H3,(H2,21,22,24)/t17-/m0/s1. The van der Waals surface area contributed by atoms with E-state index in [-0.39, 0.29) is 22.0 Å². The molecule has 3 rings (SSSR count). The van der Waals surface area contributed by atoms with Gasteiger partial charge >= 0.3 is 0 Å². The van der Waals surface area contributed by atoms with E-state index >= 15 is 0 Å². The Kier molecular flexibility index (Phi) is 4.40. The van der Waals surface area contributed by atoms with Crippen LogP contribution in [0.1, 0.15) is 24.1 Å². The lowest BCUT2D eigenvalue weighted by Gasteiger charge is -2.31. The van der Waals surface area contributed by atoms with Crippen molar-refractivity contribution >= 4 is 28.8 Å². The second kappa shape index (κ2) is 6.49. The van der Waals surface area contributed by atoms with E-state index in [9.17, 15) is 13.6 Å². The third-order valence-electron chi connectivity index (χ3n) is 3.80. The Balaban J connectivity index is 2.25. The Hall–Kier alpha value is -2.60. The monoisotopic (exact) mass is 344 g/mol. The van der Waals surface area contributed by atoms with Crippen LogP contribution in [0.3, 0.4) is 0 Å². The third-order valence-corrected chi connectivity index (χ3v) is 4.02. The van der Waals surface area contributed by atoms with Crippen LogP contribution in [0.25, 0.3) is 5.70 Å². The number of hydrogen-bond donors (Lipinski definition) is 2. The van der Waals surface area contributed by atoms with Crippen LogP contribution in [-0.2, 0) is 4.79 Å². The van der Waals surface area contributed by atoms with Gasteiger partial charge in [0.05, 0.1) is 17.3 Å². The van der Waals surface area contributed by atoms with Crippen LogP contribution >= 0.6 is 12.2 Å². The molecular weight excluding hydrogens is 330 g/mol. The largest absolute Gasteiger partial charge is 0.351 e. The fourth-order valence-corrected chi connectivity index (χ4v) is 3.00. The van der Waals surface area contributed by atoms with Crippen molar-refractivity contribution in [2.24, 2.45) is 0 Å². The Bertz CT molecular complexity index is 829. The first kappa shape index (κ1) is 16.3. The molecule has 2 N–H and O–H groups in total. The van der Waals surface area contributed by atoms with Gasteiger partial charge in [-0.15, -0.1) is 0 Å². The molecule has 1 heterocycles. The summed E-state index contributed by atoms with van der Waals surface area (Å²) in [4.78, 5) is 12.3. The van der Waals surface area contributed by atoms with Gasteiger partial charge < -0.3 is 10.6 Å². The predicted octanol–water partition coefficient (Wildman–Crippen LogP) is 3.48. The molecule has 0 amide bonds. The summed E-state index contributed by atoms with van der Waals surface area (Å²) in [6.45, 7) is 1.36. The second-order valence-electron chi connectivity index (χ2n) is 5.38. The summed E-state index contributed by atoms with van der Waals surface area (Å²) >= 11 is 5.17. The van der Waals surface area contributed by atoms with Crippen LogP contribution in [0.5, 0.6) is 0 Å². The fraction of sp³-hybridized carbons (Fsp3) is 0.111. The van der Waals surface area contributed by atoms with E-state index in [2.05, 4.69) is 10.6 Å². The van der Waals surface area contributed by atoms with Gasteiger partial charge in [0.25, 0.3) is 0 Å². The third kappa shape index (κ3) is 2.92. The lowest BCUT2D eigenvalue weighted by atomic mass is 9.90. The van der Waals surface area contributed by atoms with Gasteiger partial charge in [0, 0.05) is 5.57 Å². The number of nitrogens with one attached hydrogen (secondary N) is 2.